The molecule has 0 radical (unpaired) electrons. The fourth-order valence-electron chi connectivity index (χ4n) is 3.45. The molecule has 0 bridgehead atoms. The molecule has 1 saturated heterocycles. The molecule has 6 nitrogen and oxygen atoms in total. The van der Waals surface area contributed by atoms with Crippen molar-refractivity contribution in [3.63, 3.8) is 0 Å². The number of carbonyl (C=O) groups excluding carboxylic acids is 2. The van der Waals surface area contributed by atoms with Crippen LogP contribution in [0.3, 0.4) is 0 Å². The summed E-state index contributed by atoms with van der Waals surface area (Å²) in [7, 11) is 0. The smallest absolute Gasteiger partial charge is 0.250 e. The van der Waals surface area contributed by atoms with Crippen LogP contribution < -0.4 is 10.8 Å². The van der Waals surface area contributed by atoms with Gasteiger partial charge in [-0.05, 0) is 55.3 Å². The SMILES string of the molecule is CCOCC(=O)Nc1cccc(-c2ccc([C@@]3(CC(=O)NO)CCCCS3)s2)c1. The van der Waals surface area contributed by atoms with Crippen molar-refractivity contribution in [3.8, 4) is 10.4 Å². The van der Waals surface area contributed by atoms with E-state index >= 15 is 0 Å². The van der Waals surface area contributed by atoms with E-state index in [2.05, 4.69) is 17.4 Å². The lowest BCUT2D eigenvalue weighted by Crippen LogP contribution is -2.32. The van der Waals surface area contributed by atoms with Crippen molar-refractivity contribution in [2.75, 3.05) is 24.3 Å². The fraction of sp³-hybridized carbons (Fsp3) is 0.429. The Morgan fingerprint density at radius 2 is 2.07 bits per heavy atom. The second-order valence-corrected chi connectivity index (χ2v) is 9.50. The molecule has 2 aromatic rings. The van der Waals surface area contributed by atoms with Gasteiger partial charge in [0.25, 0.3) is 0 Å². The van der Waals surface area contributed by atoms with E-state index in [0.29, 0.717) is 6.61 Å². The summed E-state index contributed by atoms with van der Waals surface area (Å²) in [4.78, 5) is 26.1. The predicted octanol–water partition coefficient (Wildman–Crippen LogP) is 4.40. The Hall–Kier alpha value is -1.87. The van der Waals surface area contributed by atoms with Crippen molar-refractivity contribution < 1.29 is 19.5 Å². The number of hydrogen-bond acceptors (Lipinski definition) is 6. The third kappa shape index (κ3) is 5.60. The van der Waals surface area contributed by atoms with Crippen molar-refractivity contribution >= 4 is 40.6 Å². The van der Waals surface area contributed by atoms with Crippen LogP contribution in [0.1, 0.15) is 37.5 Å². The van der Waals surface area contributed by atoms with Gasteiger partial charge in [0.2, 0.25) is 11.8 Å². The zero-order valence-corrected chi connectivity index (χ0v) is 18.0. The number of ether oxygens (including phenoxy) is 1. The number of hydrogen-bond donors (Lipinski definition) is 3. The molecular weight excluding hydrogens is 408 g/mol. The van der Waals surface area contributed by atoms with E-state index in [4.69, 9.17) is 9.94 Å². The van der Waals surface area contributed by atoms with Gasteiger partial charge in [-0.2, -0.15) is 0 Å². The molecule has 0 spiro atoms. The van der Waals surface area contributed by atoms with E-state index in [9.17, 15) is 9.59 Å². The van der Waals surface area contributed by atoms with Crippen LogP contribution in [0, 0.1) is 0 Å². The topological polar surface area (TPSA) is 87.7 Å². The minimum atomic E-state index is -0.353. The summed E-state index contributed by atoms with van der Waals surface area (Å²) < 4.78 is 4.85. The first-order chi connectivity index (χ1) is 14.1. The number of thioether (sulfide) groups is 1. The summed E-state index contributed by atoms with van der Waals surface area (Å²) in [6, 6.07) is 11.9. The zero-order valence-electron chi connectivity index (χ0n) is 16.4. The monoisotopic (exact) mass is 434 g/mol. The van der Waals surface area contributed by atoms with Crippen LogP contribution in [0.5, 0.6) is 0 Å². The number of hydroxylamine groups is 1. The zero-order chi connectivity index (χ0) is 20.7. The van der Waals surface area contributed by atoms with Crippen LogP contribution >= 0.6 is 23.1 Å². The lowest BCUT2D eigenvalue weighted by atomic mass is 9.94. The summed E-state index contributed by atoms with van der Waals surface area (Å²) in [6.07, 6.45) is 3.40. The number of benzene rings is 1. The Balaban J connectivity index is 1.80. The molecule has 2 heterocycles. The summed E-state index contributed by atoms with van der Waals surface area (Å²) in [5, 5.41) is 11.9. The van der Waals surface area contributed by atoms with Gasteiger partial charge in [-0.25, -0.2) is 5.48 Å². The van der Waals surface area contributed by atoms with Gasteiger partial charge in [0, 0.05) is 28.5 Å². The highest BCUT2D eigenvalue weighted by Gasteiger charge is 2.38. The molecule has 1 aliphatic heterocycles. The molecule has 2 amide bonds. The minimum Gasteiger partial charge on any atom is -0.372 e. The summed E-state index contributed by atoms with van der Waals surface area (Å²) >= 11 is 3.47. The van der Waals surface area contributed by atoms with Crippen LogP contribution in [0.2, 0.25) is 0 Å². The number of amides is 2. The maximum Gasteiger partial charge on any atom is 0.250 e. The second-order valence-electron chi connectivity index (χ2n) is 6.94. The molecule has 1 atom stereocenters. The number of thiophene rings is 1. The van der Waals surface area contributed by atoms with E-state index in [1.807, 2.05) is 31.2 Å². The third-order valence-corrected chi connectivity index (χ3v) is 7.93. The van der Waals surface area contributed by atoms with Gasteiger partial charge in [0.05, 0.1) is 4.75 Å². The van der Waals surface area contributed by atoms with Crippen LogP contribution in [0.4, 0.5) is 5.69 Å². The molecule has 0 aliphatic carbocycles. The molecular formula is C21H26N2O4S2. The normalized spacial score (nSPS) is 19.0. The highest BCUT2D eigenvalue weighted by molar-refractivity contribution is 8.00. The molecule has 3 N–H and O–H groups in total. The molecule has 29 heavy (non-hydrogen) atoms. The molecule has 8 heteroatoms. The van der Waals surface area contributed by atoms with Crippen molar-refractivity contribution in [1.82, 2.24) is 5.48 Å². The van der Waals surface area contributed by atoms with Gasteiger partial charge in [-0.1, -0.05) is 18.6 Å². The third-order valence-electron chi connectivity index (χ3n) is 4.85. The number of carbonyl (C=O) groups is 2. The van der Waals surface area contributed by atoms with Gasteiger partial charge in [-0.15, -0.1) is 23.1 Å². The maximum atomic E-state index is 11.9. The Morgan fingerprint density at radius 1 is 1.21 bits per heavy atom. The first-order valence-corrected chi connectivity index (χ1v) is 11.5. The second kappa shape index (κ2) is 10.2. The minimum absolute atomic E-state index is 0.0382. The molecule has 0 saturated carbocycles. The van der Waals surface area contributed by atoms with Crippen LogP contribution in [0.15, 0.2) is 36.4 Å². The van der Waals surface area contributed by atoms with Crippen molar-refractivity contribution in [2.45, 2.75) is 37.4 Å². The van der Waals surface area contributed by atoms with Gasteiger partial charge in [0.15, 0.2) is 0 Å². The largest absolute Gasteiger partial charge is 0.372 e. The molecule has 0 unspecified atom stereocenters. The molecule has 3 rings (SSSR count). The van der Waals surface area contributed by atoms with Gasteiger partial charge < -0.3 is 10.1 Å². The van der Waals surface area contributed by atoms with E-state index in [1.54, 1.807) is 28.6 Å². The van der Waals surface area contributed by atoms with E-state index in [-0.39, 0.29) is 29.6 Å². The summed E-state index contributed by atoms with van der Waals surface area (Å²) in [5.41, 5.74) is 3.52. The Morgan fingerprint density at radius 3 is 2.79 bits per heavy atom. The summed E-state index contributed by atoms with van der Waals surface area (Å²) in [5.74, 6) is 0.476. The Bertz CT molecular complexity index is 847. The van der Waals surface area contributed by atoms with Crippen molar-refractivity contribution in [1.29, 1.82) is 0 Å². The van der Waals surface area contributed by atoms with Crippen molar-refractivity contribution in [3.05, 3.63) is 41.3 Å². The first-order valence-electron chi connectivity index (χ1n) is 9.71. The van der Waals surface area contributed by atoms with Crippen LogP contribution in [0.25, 0.3) is 10.4 Å². The number of rotatable bonds is 8. The van der Waals surface area contributed by atoms with Gasteiger partial charge in [-0.3, -0.25) is 14.8 Å². The highest BCUT2D eigenvalue weighted by Crippen LogP contribution is 2.50. The lowest BCUT2D eigenvalue weighted by Gasteiger charge is -2.35. The quantitative estimate of drug-likeness (QED) is 0.423. The standard InChI is InChI=1S/C21H26N2O4S2/c1-2-27-14-20(25)22-16-7-5-6-15(12-16)17-8-9-18(29-17)21(13-19(24)23-26)10-3-4-11-28-21/h5-9,12,26H,2-4,10-11,13-14H2,1H3,(H,22,25)(H,23,24)/t21-/m0/s1. The van der Waals surface area contributed by atoms with Crippen molar-refractivity contribution in [2.24, 2.45) is 0 Å². The maximum absolute atomic E-state index is 11.9. The summed E-state index contributed by atoms with van der Waals surface area (Å²) in [6.45, 7) is 2.39. The predicted molar refractivity (Wildman–Crippen MR) is 117 cm³/mol. The molecule has 1 aliphatic rings. The fourth-order valence-corrected chi connectivity index (χ4v) is 6.34. The lowest BCUT2D eigenvalue weighted by molar-refractivity contribution is -0.129. The Labute approximate surface area is 179 Å². The van der Waals surface area contributed by atoms with E-state index in [0.717, 1.165) is 46.0 Å². The molecule has 1 aromatic heterocycles. The van der Waals surface area contributed by atoms with Gasteiger partial charge >= 0.3 is 0 Å². The molecule has 1 aromatic carbocycles. The Kier molecular flexibility index (Phi) is 7.71. The van der Waals surface area contributed by atoms with E-state index < -0.39 is 0 Å². The van der Waals surface area contributed by atoms with Crippen LogP contribution in [-0.2, 0) is 19.1 Å². The number of nitrogens with one attached hydrogen (secondary N) is 2. The average Bonchev–Trinajstić information content (AvgIpc) is 3.24. The van der Waals surface area contributed by atoms with E-state index in [1.165, 1.54) is 0 Å². The van der Waals surface area contributed by atoms with Crippen LogP contribution in [-0.4, -0.2) is 36.0 Å². The van der Waals surface area contributed by atoms with Gasteiger partial charge in [0.1, 0.15) is 6.61 Å². The molecule has 1 fully saturated rings. The number of anilines is 1. The highest BCUT2D eigenvalue weighted by atomic mass is 32.2. The molecule has 156 valence electrons. The average molecular weight is 435 g/mol. The first kappa shape index (κ1) is 21.8.